The Balaban J connectivity index is 2.02. The minimum absolute atomic E-state index is 0.196. The molecule has 6 heteroatoms. The summed E-state index contributed by atoms with van der Waals surface area (Å²) in [6.45, 7) is 3.56. The van der Waals surface area contributed by atoms with Crippen molar-refractivity contribution in [3.8, 4) is 11.5 Å². The van der Waals surface area contributed by atoms with Crippen LogP contribution in [0.1, 0.15) is 29.2 Å². The van der Waals surface area contributed by atoms with E-state index in [4.69, 9.17) is 14.6 Å². The zero-order valence-corrected chi connectivity index (χ0v) is 15.1. The lowest BCUT2D eigenvalue weighted by Crippen LogP contribution is -2.34. The second-order valence-electron chi connectivity index (χ2n) is 5.99. The quantitative estimate of drug-likeness (QED) is 0.759. The van der Waals surface area contributed by atoms with Crippen molar-refractivity contribution >= 4 is 11.9 Å². The second kappa shape index (κ2) is 8.89. The first-order valence-corrected chi connectivity index (χ1v) is 8.25. The van der Waals surface area contributed by atoms with E-state index >= 15 is 0 Å². The monoisotopic (exact) mass is 357 g/mol. The maximum atomic E-state index is 12.2. The zero-order chi connectivity index (χ0) is 19.1. The van der Waals surface area contributed by atoms with Crippen molar-refractivity contribution in [3.63, 3.8) is 0 Å². The molecule has 0 fully saturated rings. The van der Waals surface area contributed by atoms with Gasteiger partial charge in [-0.15, -0.1) is 0 Å². The maximum absolute atomic E-state index is 12.2. The predicted octanol–water partition coefficient (Wildman–Crippen LogP) is 3.02. The number of nitrogens with one attached hydrogen (secondary N) is 1. The minimum atomic E-state index is -0.981. The number of hydrogen-bond acceptors (Lipinski definition) is 4. The number of aryl methyl sites for hydroxylation is 2. The highest BCUT2D eigenvalue weighted by Gasteiger charge is 2.19. The molecule has 2 aromatic rings. The number of carboxylic acid groups (broad SMARTS) is 1. The fourth-order valence-electron chi connectivity index (χ4n) is 2.72. The number of carbonyl (C=O) groups is 2. The van der Waals surface area contributed by atoms with Crippen LogP contribution in [-0.4, -0.2) is 30.7 Å². The highest BCUT2D eigenvalue weighted by atomic mass is 16.5. The lowest BCUT2D eigenvalue weighted by molar-refractivity contribution is -0.137. The number of carbonyl (C=O) groups excluding carboxylic acids is 1. The summed E-state index contributed by atoms with van der Waals surface area (Å²) in [4.78, 5) is 23.4. The summed E-state index contributed by atoms with van der Waals surface area (Å²) < 4.78 is 10.7. The summed E-state index contributed by atoms with van der Waals surface area (Å²) in [5, 5.41) is 11.9. The molecule has 0 aliphatic rings. The van der Waals surface area contributed by atoms with Gasteiger partial charge in [-0.1, -0.05) is 24.3 Å². The molecule has 0 aliphatic carbocycles. The summed E-state index contributed by atoms with van der Waals surface area (Å²) in [6.07, 6.45) is -0.196. The molecule has 138 valence electrons. The second-order valence-corrected chi connectivity index (χ2v) is 5.99. The molecule has 0 aromatic heterocycles. The number of hydrogen-bond donors (Lipinski definition) is 2. The lowest BCUT2D eigenvalue weighted by Gasteiger charge is -2.19. The molecule has 0 radical (unpaired) electrons. The number of benzene rings is 2. The molecule has 26 heavy (non-hydrogen) atoms. The molecular weight excluding hydrogens is 334 g/mol. The van der Waals surface area contributed by atoms with Crippen molar-refractivity contribution in [2.24, 2.45) is 0 Å². The number of methoxy groups -OCH3 is 1. The van der Waals surface area contributed by atoms with Crippen molar-refractivity contribution in [1.29, 1.82) is 0 Å². The molecule has 1 amide bonds. The van der Waals surface area contributed by atoms with E-state index in [1.807, 2.05) is 38.1 Å². The Morgan fingerprint density at radius 1 is 1.12 bits per heavy atom. The number of aliphatic carboxylic acids is 1. The molecule has 0 saturated heterocycles. The average Bonchev–Trinajstić information content (AvgIpc) is 2.59. The van der Waals surface area contributed by atoms with Crippen LogP contribution in [0.3, 0.4) is 0 Å². The van der Waals surface area contributed by atoms with Crippen molar-refractivity contribution in [1.82, 2.24) is 5.32 Å². The molecule has 0 bridgehead atoms. The van der Waals surface area contributed by atoms with Crippen LogP contribution < -0.4 is 14.8 Å². The van der Waals surface area contributed by atoms with Crippen LogP contribution in [0, 0.1) is 13.8 Å². The van der Waals surface area contributed by atoms with Gasteiger partial charge in [0, 0.05) is 0 Å². The van der Waals surface area contributed by atoms with E-state index in [1.54, 1.807) is 25.3 Å². The van der Waals surface area contributed by atoms with Crippen molar-refractivity contribution in [2.75, 3.05) is 13.7 Å². The summed E-state index contributed by atoms with van der Waals surface area (Å²) in [5.41, 5.74) is 2.60. The Kier molecular flexibility index (Phi) is 6.60. The van der Waals surface area contributed by atoms with Crippen LogP contribution in [0.4, 0.5) is 0 Å². The standard InChI is InChI=1S/C20H23NO5/c1-13-6-4-5-7-16(13)17(11-20(23)24)21-19(22)12-26-15-8-9-18(25-3)14(2)10-15/h4-10,17H,11-12H2,1-3H3,(H,21,22)(H,23,24). The molecule has 0 heterocycles. The number of rotatable bonds is 8. The molecule has 2 N–H and O–H groups in total. The van der Waals surface area contributed by atoms with Crippen molar-refractivity contribution in [3.05, 3.63) is 59.2 Å². The predicted molar refractivity (Wildman–Crippen MR) is 97.5 cm³/mol. The fraction of sp³-hybridized carbons (Fsp3) is 0.300. The molecule has 1 unspecified atom stereocenters. The summed E-state index contributed by atoms with van der Waals surface area (Å²) in [7, 11) is 1.59. The van der Waals surface area contributed by atoms with Gasteiger partial charge in [-0.25, -0.2) is 0 Å². The van der Waals surface area contributed by atoms with Gasteiger partial charge in [0.1, 0.15) is 11.5 Å². The van der Waals surface area contributed by atoms with E-state index in [9.17, 15) is 9.59 Å². The van der Waals surface area contributed by atoms with E-state index in [2.05, 4.69) is 5.32 Å². The first kappa shape index (κ1) is 19.3. The topological polar surface area (TPSA) is 84.9 Å². The number of ether oxygens (including phenoxy) is 2. The third kappa shape index (κ3) is 5.24. The molecule has 0 aliphatic heterocycles. The average molecular weight is 357 g/mol. The Hall–Kier alpha value is -3.02. The third-order valence-corrected chi connectivity index (χ3v) is 4.01. The van der Waals surface area contributed by atoms with Gasteiger partial charge in [0.15, 0.2) is 6.61 Å². The largest absolute Gasteiger partial charge is 0.496 e. The third-order valence-electron chi connectivity index (χ3n) is 4.01. The van der Waals surface area contributed by atoms with Crippen LogP contribution in [0.15, 0.2) is 42.5 Å². The summed E-state index contributed by atoms with van der Waals surface area (Å²) in [6, 6.07) is 12.0. The van der Waals surface area contributed by atoms with Crippen molar-refractivity contribution < 1.29 is 24.2 Å². The van der Waals surface area contributed by atoms with Crippen LogP contribution >= 0.6 is 0 Å². The smallest absolute Gasteiger partial charge is 0.305 e. The Labute approximate surface area is 152 Å². The number of carboxylic acids is 1. The van der Waals surface area contributed by atoms with Crippen LogP contribution in [0.2, 0.25) is 0 Å². The molecule has 0 saturated carbocycles. The summed E-state index contributed by atoms with van der Waals surface area (Å²) in [5.74, 6) is -0.0785. The van der Waals surface area contributed by atoms with Gasteiger partial charge in [0.05, 0.1) is 19.6 Å². The van der Waals surface area contributed by atoms with Crippen LogP contribution in [0.5, 0.6) is 11.5 Å². The Morgan fingerprint density at radius 2 is 1.85 bits per heavy atom. The maximum Gasteiger partial charge on any atom is 0.305 e. The van der Waals surface area contributed by atoms with E-state index in [-0.39, 0.29) is 18.9 Å². The lowest BCUT2D eigenvalue weighted by atomic mass is 9.99. The fourth-order valence-corrected chi connectivity index (χ4v) is 2.72. The highest BCUT2D eigenvalue weighted by molar-refractivity contribution is 5.79. The molecule has 6 nitrogen and oxygen atoms in total. The van der Waals surface area contributed by atoms with Gasteiger partial charge in [0.2, 0.25) is 0 Å². The van der Waals surface area contributed by atoms with Crippen molar-refractivity contribution in [2.45, 2.75) is 26.3 Å². The van der Waals surface area contributed by atoms with Gasteiger partial charge in [-0.05, 0) is 48.7 Å². The molecular formula is C20H23NO5. The molecule has 1 atom stereocenters. The molecule has 2 rings (SSSR count). The Bertz CT molecular complexity index is 788. The van der Waals surface area contributed by atoms with Gasteiger partial charge < -0.3 is 19.9 Å². The van der Waals surface area contributed by atoms with Gasteiger partial charge in [-0.2, -0.15) is 0 Å². The SMILES string of the molecule is COc1ccc(OCC(=O)NC(CC(=O)O)c2ccccc2C)cc1C. The van der Waals surface area contributed by atoms with Gasteiger partial charge in [-0.3, -0.25) is 9.59 Å². The molecule has 0 spiro atoms. The normalized spacial score (nSPS) is 11.5. The highest BCUT2D eigenvalue weighted by Crippen LogP contribution is 2.23. The first-order chi connectivity index (χ1) is 12.4. The van der Waals surface area contributed by atoms with E-state index in [0.717, 1.165) is 22.4 Å². The van der Waals surface area contributed by atoms with E-state index in [0.29, 0.717) is 5.75 Å². The van der Waals surface area contributed by atoms with Crippen LogP contribution in [0.25, 0.3) is 0 Å². The number of amides is 1. The van der Waals surface area contributed by atoms with Gasteiger partial charge >= 0.3 is 5.97 Å². The minimum Gasteiger partial charge on any atom is -0.496 e. The van der Waals surface area contributed by atoms with Gasteiger partial charge in [0.25, 0.3) is 5.91 Å². The molecule has 2 aromatic carbocycles. The van der Waals surface area contributed by atoms with E-state index < -0.39 is 12.0 Å². The van der Waals surface area contributed by atoms with Crippen LogP contribution in [-0.2, 0) is 9.59 Å². The first-order valence-electron chi connectivity index (χ1n) is 8.25. The summed E-state index contributed by atoms with van der Waals surface area (Å²) >= 11 is 0. The van der Waals surface area contributed by atoms with E-state index in [1.165, 1.54) is 0 Å². The Morgan fingerprint density at radius 3 is 2.46 bits per heavy atom. The zero-order valence-electron chi connectivity index (χ0n) is 15.1.